The first-order valence-electron chi connectivity index (χ1n) is 4.78. The average molecular weight is 231 g/mol. The van der Waals surface area contributed by atoms with E-state index in [1.54, 1.807) is 12.5 Å². The molecule has 2 heterocycles. The first-order valence-corrected chi connectivity index (χ1v) is 5.66. The van der Waals surface area contributed by atoms with Crippen LogP contribution in [0.2, 0.25) is 0 Å². The Bertz CT molecular complexity index is 522. The normalized spacial score (nSPS) is 9.94. The summed E-state index contributed by atoms with van der Waals surface area (Å²) in [7, 11) is 0. The minimum Gasteiger partial charge on any atom is -0.305 e. The van der Waals surface area contributed by atoms with Crippen LogP contribution < -0.4 is 0 Å². The maximum Gasteiger partial charge on any atom is 0.173 e. The molecule has 2 rings (SSSR count). The number of carbonyl (C=O) groups excluding carboxylic acids is 1. The molecule has 0 saturated carbocycles. The molecule has 4 nitrogen and oxygen atoms in total. The predicted octanol–water partition coefficient (Wildman–Crippen LogP) is 2.42. The molecular formula is C11H9N3OS. The molecule has 0 aromatic carbocycles. The number of hydrogen-bond donors (Lipinski definition) is 0. The standard InChI is InChI=1S/C11H9N3OS/c12-3-1-2-10(15)11-6-9(7-16-11)14-5-4-13-8-14/h4-8H,1-2H2. The number of nitrogens with zero attached hydrogens (tertiary/aromatic N) is 3. The number of ketones is 1. The summed E-state index contributed by atoms with van der Waals surface area (Å²) in [4.78, 5) is 16.3. The Morgan fingerprint density at radius 1 is 1.62 bits per heavy atom. The van der Waals surface area contributed by atoms with E-state index in [2.05, 4.69) is 4.98 Å². The lowest BCUT2D eigenvalue weighted by atomic mass is 10.2. The van der Waals surface area contributed by atoms with Crippen LogP contribution in [0, 0.1) is 11.3 Å². The third kappa shape index (κ3) is 2.18. The molecule has 80 valence electrons. The van der Waals surface area contributed by atoms with Crippen LogP contribution in [-0.4, -0.2) is 15.3 Å². The summed E-state index contributed by atoms with van der Waals surface area (Å²) in [6.45, 7) is 0. The van der Waals surface area contributed by atoms with Crippen molar-refractivity contribution >= 4 is 17.1 Å². The molecule has 0 unspecified atom stereocenters. The Balaban J connectivity index is 2.14. The molecule has 0 aliphatic heterocycles. The molecule has 0 N–H and O–H groups in total. The number of nitriles is 1. The van der Waals surface area contributed by atoms with Gasteiger partial charge in [-0.05, 0) is 6.07 Å². The molecule has 0 atom stereocenters. The quantitative estimate of drug-likeness (QED) is 0.759. The van der Waals surface area contributed by atoms with Crippen molar-refractivity contribution in [2.24, 2.45) is 0 Å². The van der Waals surface area contributed by atoms with Crippen LogP contribution in [0.5, 0.6) is 0 Å². The summed E-state index contributed by atoms with van der Waals surface area (Å²) in [5, 5.41) is 10.3. The molecule has 0 fully saturated rings. The highest BCUT2D eigenvalue weighted by atomic mass is 32.1. The molecule has 0 aliphatic carbocycles. The first-order chi connectivity index (χ1) is 7.81. The monoisotopic (exact) mass is 231 g/mol. The van der Waals surface area contributed by atoms with Crippen LogP contribution in [0.4, 0.5) is 0 Å². The average Bonchev–Trinajstić information content (AvgIpc) is 2.94. The van der Waals surface area contributed by atoms with Gasteiger partial charge >= 0.3 is 0 Å². The smallest absolute Gasteiger partial charge is 0.173 e. The molecule has 0 spiro atoms. The van der Waals surface area contributed by atoms with E-state index in [1.807, 2.05) is 28.3 Å². The highest BCUT2D eigenvalue weighted by Gasteiger charge is 2.09. The minimum atomic E-state index is 0.0258. The van der Waals surface area contributed by atoms with Crippen LogP contribution in [-0.2, 0) is 0 Å². The lowest BCUT2D eigenvalue weighted by molar-refractivity contribution is 0.0988. The van der Waals surface area contributed by atoms with E-state index in [4.69, 9.17) is 5.26 Å². The molecule has 0 bridgehead atoms. The second kappa shape index (κ2) is 4.73. The summed E-state index contributed by atoms with van der Waals surface area (Å²) in [5.74, 6) is 0.0258. The Morgan fingerprint density at radius 2 is 2.50 bits per heavy atom. The highest BCUT2D eigenvalue weighted by molar-refractivity contribution is 7.12. The van der Waals surface area contributed by atoms with Gasteiger partial charge in [-0.3, -0.25) is 4.79 Å². The zero-order valence-corrected chi connectivity index (χ0v) is 9.28. The number of thiophene rings is 1. The number of carbonyl (C=O) groups is 1. The summed E-state index contributed by atoms with van der Waals surface area (Å²) in [6.07, 6.45) is 5.77. The van der Waals surface area contributed by atoms with Crippen LogP contribution in [0.3, 0.4) is 0 Å². The Morgan fingerprint density at radius 3 is 3.19 bits per heavy atom. The molecule has 2 aromatic rings. The van der Waals surface area contributed by atoms with E-state index in [0.717, 1.165) is 5.69 Å². The largest absolute Gasteiger partial charge is 0.305 e. The number of rotatable bonds is 4. The van der Waals surface area contributed by atoms with Crippen molar-refractivity contribution in [1.29, 1.82) is 5.26 Å². The SMILES string of the molecule is N#CCCC(=O)c1cc(-n2ccnc2)cs1. The van der Waals surface area contributed by atoms with Gasteiger partial charge in [0.15, 0.2) is 5.78 Å². The molecule has 5 heteroatoms. The van der Waals surface area contributed by atoms with Crippen LogP contribution >= 0.6 is 11.3 Å². The fourth-order valence-corrected chi connectivity index (χ4v) is 2.17. The topological polar surface area (TPSA) is 58.7 Å². The maximum atomic E-state index is 11.6. The van der Waals surface area contributed by atoms with Crippen molar-refractivity contribution in [2.75, 3.05) is 0 Å². The number of imidazole rings is 1. The first kappa shape index (κ1) is 10.6. The lowest BCUT2D eigenvalue weighted by Crippen LogP contribution is -1.94. The summed E-state index contributed by atoms with van der Waals surface area (Å²) in [5.41, 5.74) is 0.933. The van der Waals surface area contributed by atoms with Crippen molar-refractivity contribution < 1.29 is 4.79 Å². The van der Waals surface area contributed by atoms with Crippen molar-refractivity contribution in [3.8, 4) is 11.8 Å². The Hall–Kier alpha value is -1.93. The van der Waals surface area contributed by atoms with E-state index in [-0.39, 0.29) is 12.2 Å². The Labute approximate surface area is 96.8 Å². The van der Waals surface area contributed by atoms with Gasteiger partial charge in [0.05, 0.1) is 23.0 Å². The van der Waals surface area contributed by atoms with E-state index in [9.17, 15) is 4.79 Å². The summed E-state index contributed by atoms with van der Waals surface area (Å²) >= 11 is 1.40. The van der Waals surface area contributed by atoms with Crippen molar-refractivity contribution in [3.63, 3.8) is 0 Å². The van der Waals surface area contributed by atoms with E-state index < -0.39 is 0 Å². The van der Waals surface area contributed by atoms with Crippen molar-refractivity contribution in [3.05, 3.63) is 35.0 Å². The third-order valence-electron chi connectivity index (χ3n) is 2.13. The van der Waals surface area contributed by atoms with Gasteiger partial charge in [0.25, 0.3) is 0 Å². The van der Waals surface area contributed by atoms with Gasteiger partial charge in [0.2, 0.25) is 0 Å². The van der Waals surface area contributed by atoms with Gasteiger partial charge in [0.1, 0.15) is 0 Å². The van der Waals surface area contributed by atoms with Gasteiger partial charge in [-0.2, -0.15) is 5.26 Å². The fourth-order valence-electron chi connectivity index (χ4n) is 1.31. The molecule has 0 amide bonds. The van der Waals surface area contributed by atoms with Crippen LogP contribution in [0.1, 0.15) is 22.5 Å². The fraction of sp³-hybridized carbons (Fsp3) is 0.182. The second-order valence-corrected chi connectivity index (χ2v) is 4.13. The maximum absolute atomic E-state index is 11.6. The van der Waals surface area contributed by atoms with Crippen LogP contribution in [0.15, 0.2) is 30.2 Å². The zero-order valence-electron chi connectivity index (χ0n) is 8.46. The van der Waals surface area contributed by atoms with Gasteiger partial charge in [-0.25, -0.2) is 4.98 Å². The zero-order chi connectivity index (χ0) is 11.4. The van der Waals surface area contributed by atoms with Gasteiger partial charge < -0.3 is 4.57 Å². The third-order valence-corrected chi connectivity index (χ3v) is 3.09. The Kier molecular flexibility index (Phi) is 3.13. The number of Topliss-reactive ketones (excluding diaryl/α,β-unsaturated/α-hetero) is 1. The summed E-state index contributed by atoms with van der Waals surface area (Å²) in [6, 6.07) is 3.80. The van der Waals surface area contributed by atoms with Crippen molar-refractivity contribution in [1.82, 2.24) is 9.55 Å². The van der Waals surface area contributed by atoms with E-state index in [0.29, 0.717) is 11.3 Å². The van der Waals surface area contributed by atoms with Gasteiger partial charge in [-0.15, -0.1) is 11.3 Å². The van der Waals surface area contributed by atoms with Gasteiger partial charge in [0, 0.05) is 30.6 Å². The second-order valence-electron chi connectivity index (χ2n) is 3.22. The molecule has 16 heavy (non-hydrogen) atoms. The van der Waals surface area contributed by atoms with Gasteiger partial charge in [-0.1, -0.05) is 0 Å². The van der Waals surface area contributed by atoms with Crippen molar-refractivity contribution in [2.45, 2.75) is 12.8 Å². The number of hydrogen-bond acceptors (Lipinski definition) is 4. The summed E-state index contributed by atoms with van der Waals surface area (Å²) < 4.78 is 1.84. The number of aromatic nitrogens is 2. The highest BCUT2D eigenvalue weighted by Crippen LogP contribution is 2.20. The predicted molar refractivity (Wildman–Crippen MR) is 60.6 cm³/mol. The lowest BCUT2D eigenvalue weighted by Gasteiger charge is -1.94. The molecule has 2 aromatic heterocycles. The molecule has 0 aliphatic rings. The van der Waals surface area contributed by atoms with Crippen LogP contribution in [0.25, 0.3) is 5.69 Å². The van der Waals surface area contributed by atoms with E-state index in [1.165, 1.54) is 11.3 Å². The molecular weight excluding hydrogens is 222 g/mol. The van der Waals surface area contributed by atoms with E-state index >= 15 is 0 Å². The molecule has 0 radical (unpaired) electrons. The molecule has 0 saturated heterocycles. The minimum absolute atomic E-state index is 0.0258.